The molecule has 116 valence electrons. The summed E-state index contributed by atoms with van der Waals surface area (Å²) in [5, 5.41) is 8.28. The summed E-state index contributed by atoms with van der Waals surface area (Å²) >= 11 is 1.53. The third-order valence-corrected chi connectivity index (χ3v) is 5.06. The van der Waals surface area contributed by atoms with E-state index < -0.39 is 5.54 Å². The molecule has 1 fully saturated rings. The molecule has 0 aliphatic carbocycles. The van der Waals surface area contributed by atoms with Gasteiger partial charge in [0.05, 0.1) is 25.1 Å². The minimum Gasteiger partial charge on any atom is -0.469 e. The van der Waals surface area contributed by atoms with Crippen molar-refractivity contribution in [1.82, 2.24) is 10.6 Å². The van der Waals surface area contributed by atoms with E-state index in [2.05, 4.69) is 10.6 Å². The van der Waals surface area contributed by atoms with E-state index in [4.69, 9.17) is 4.74 Å². The van der Waals surface area contributed by atoms with Gasteiger partial charge in [0.25, 0.3) is 0 Å². The number of hydrogen-bond donors (Lipinski definition) is 2. The zero-order valence-electron chi connectivity index (χ0n) is 12.5. The van der Waals surface area contributed by atoms with E-state index in [9.17, 15) is 9.59 Å². The average molecular weight is 310 g/mol. The molecule has 1 aromatic rings. The second-order valence-corrected chi connectivity index (χ2v) is 6.27. The van der Waals surface area contributed by atoms with Crippen LogP contribution in [0.25, 0.3) is 0 Å². The lowest BCUT2D eigenvalue weighted by Crippen LogP contribution is -2.53. The summed E-state index contributed by atoms with van der Waals surface area (Å²) in [7, 11) is 1.36. The highest BCUT2D eigenvalue weighted by atomic mass is 32.1. The quantitative estimate of drug-likeness (QED) is 0.789. The van der Waals surface area contributed by atoms with E-state index in [1.165, 1.54) is 18.4 Å². The number of ether oxygens (including phenoxy) is 1. The molecule has 0 spiro atoms. The summed E-state index contributed by atoms with van der Waals surface area (Å²) in [4.78, 5) is 25.2. The van der Waals surface area contributed by atoms with Crippen LogP contribution >= 0.6 is 11.3 Å². The third-order valence-electron chi connectivity index (χ3n) is 4.07. The van der Waals surface area contributed by atoms with Crippen molar-refractivity contribution in [3.8, 4) is 0 Å². The molecule has 2 atom stereocenters. The van der Waals surface area contributed by atoms with Gasteiger partial charge in [-0.05, 0) is 37.3 Å². The number of rotatable bonds is 6. The Bertz CT molecular complexity index is 481. The fraction of sp³-hybridized carbons (Fsp3) is 0.600. The van der Waals surface area contributed by atoms with Crippen LogP contribution in [0.1, 0.15) is 43.5 Å². The first-order valence-corrected chi connectivity index (χ1v) is 8.15. The van der Waals surface area contributed by atoms with Crippen molar-refractivity contribution in [1.29, 1.82) is 0 Å². The molecule has 21 heavy (non-hydrogen) atoms. The summed E-state index contributed by atoms with van der Waals surface area (Å²) in [6.07, 6.45) is 2.74. The Kier molecular flexibility index (Phi) is 5.36. The molecular weight excluding hydrogens is 288 g/mol. The maximum absolute atomic E-state index is 12.7. The van der Waals surface area contributed by atoms with Crippen molar-refractivity contribution in [3.05, 3.63) is 22.4 Å². The van der Waals surface area contributed by atoms with E-state index in [-0.39, 0.29) is 24.3 Å². The Balaban J connectivity index is 2.11. The molecule has 6 heteroatoms. The maximum atomic E-state index is 12.7. The van der Waals surface area contributed by atoms with Crippen molar-refractivity contribution in [2.45, 2.75) is 44.2 Å². The Morgan fingerprint density at radius 2 is 2.38 bits per heavy atom. The topological polar surface area (TPSA) is 67.4 Å². The van der Waals surface area contributed by atoms with Crippen LogP contribution < -0.4 is 10.6 Å². The first-order chi connectivity index (χ1) is 10.1. The van der Waals surface area contributed by atoms with E-state index in [1.54, 1.807) is 0 Å². The van der Waals surface area contributed by atoms with Gasteiger partial charge in [-0.15, -0.1) is 11.3 Å². The van der Waals surface area contributed by atoms with Gasteiger partial charge in [-0.2, -0.15) is 0 Å². The monoisotopic (exact) mass is 310 g/mol. The molecule has 0 bridgehead atoms. The van der Waals surface area contributed by atoms with Gasteiger partial charge in [0.15, 0.2) is 0 Å². The minimum atomic E-state index is -0.494. The predicted octanol–water partition coefficient (Wildman–Crippen LogP) is 2.00. The van der Waals surface area contributed by atoms with Gasteiger partial charge < -0.3 is 15.4 Å². The zero-order valence-corrected chi connectivity index (χ0v) is 13.3. The number of carbonyl (C=O) groups excluding carboxylic acids is 2. The number of nitrogens with one attached hydrogen (secondary N) is 2. The molecule has 2 rings (SSSR count). The molecule has 1 aliphatic rings. The normalized spacial score (nSPS) is 22.8. The summed E-state index contributed by atoms with van der Waals surface area (Å²) in [6, 6.07) is 3.52. The highest BCUT2D eigenvalue weighted by molar-refractivity contribution is 7.10. The van der Waals surface area contributed by atoms with Crippen molar-refractivity contribution >= 4 is 23.2 Å². The predicted molar refractivity (Wildman–Crippen MR) is 82.1 cm³/mol. The maximum Gasteiger partial charge on any atom is 0.307 e. The van der Waals surface area contributed by atoms with Gasteiger partial charge in [-0.25, -0.2) is 0 Å². The number of esters is 1. The molecule has 2 heterocycles. The SMILES string of the molecule is CCC1(C(=O)NC(CC(=O)OC)c2cccs2)CCCN1. The van der Waals surface area contributed by atoms with Crippen LogP contribution in [0.15, 0.2) is 17.5 Å². The molecule has 5 nitrogen and oxygen atoms in total. The van der Waals surface area contributed by atoms with Crippen LogP contribution in [0.5, 0.6) is 0 Å². The van der Waals surface area contributed by atoms with Gasteiger partial charge in [0, 0.05) is 4.88 Å². The number of thiophene rings is 1. The summed E-state index contributed by atoms with van der Waals surface area (Å²) < 4.78 is 4.74. The van der Waals surface area contributed by atoms with Crippen molar-refractivity contribution in [2.24, 2.45) is 0 Å². The van der Waals surface area contributed by atoms with Crippen LogP contribution in [0, 0.1) is 0 Å². The molecular formula is C15H22N2O3S. The average Bonchev–Trinajstić information content (AvgIpc) is 3.17. The first kappa shape index (κ1) is 16.0. The number of carbonyl (C=O) groups is 2. The highest BCUT2D eigenvalue weighted by Gasteiger charge is 2.40. The zero-order chi connectivity index (χ0) is 15.3. The van der Waals surface area contributed by atoms with E-state index in [0.29, 0.717) is 0 Å². The van der Waals surface area contributed by atoms with Crippen LogP contribution in [-0.4, -0.2) is 31.1 Å². The van der Waals surface area contributed by atoms with Gasteiger partial charge >= 0.3 is 5.97 Å². The smallest absolute Gasteiger partial charge is 0.307 e. The Morgan fingerprint density at radius 1 is 1.57 bits per heavy atom. The molecule has 1 aliphatic heterocycles. The molecule has 2 N–H and O–H groups in total. The third kappa shape index (κ3) is 3.63. The molecule has 2 unspecified atom stereocenters. The molecule has 1 aromatic heterocycles. The van der Waals surface area contributed by atoms with Gasteiger partial charge in [-0.1, -0.05) is 13.0 Å². The molecule has 1 amide bonds. The molecule has 0 saturated carbocycles. The van der Waals surface area contributed by atoms with E-state index in [0.717, 1.165) is 30.7 Å². The van der Waals surface area contributed by atoms with Crippen molar-refractivity contribution in [2.75, 3.05) is 13.7 Å². The lowest BCUT2D eigenvalue weighted by Gasteiger charge is -2.29. The fourth-order valence-corrected chi connectivity index (χ4v) is 3.50. The van der Waals surface area contributed by atoms with Crippen molar-refractivity contribution in [3.63, 3.8) is 0 Å². The molecule has 1 saturated heterocycles. The lowest BCUT2D eigenvalue weighted by atomic mass is 9.92. The van der Waals surface area contributed by atoms with Gasteiger partial charge in [0.1, 0.15) is 0 Å². The Morgan fingerprint density at radius 3 is 2.90 bits per heavy atom. The van der Waals surface area contributed by atoms with Crippen LogP contribution in [0.3, 0.4) is 0 Å². The van der Waals surface area contributed by atoms with E-state index in [1.807, 2.05) is 24.4 Å². The van der Waals surface area contributed by atoms with Crippen molar-refractivity contribution < 1.29 is 14.3 Å². The summed E-state index contributed by atoms with van der Waals surface area (Å²) in [6.45, 7) is 2.88. The summed E-state index contributed by atoms with van der Waals surface area (Å²) in [5.41, 5.74) is -0.494. The Labute approximate surface area is 129 Å². The Hall–Kier alpha value is -1.40. The van der Waals surface area contributed by atoms with E-state index >= 15 is 0 Å². The fourth-order valence-electron chi connectivity index (χ4n) is 2.72. The second-order valence-electron chi connectivity index (χ2n) is 5.29. The molecule has 0 aromatic carbocycles. The molecule has 0 radical (unpaired) electrons. The number of methoxy groups -OCH3 is 1. The van der Waals surface area contributed by atoms with Crippen LogP contribution in [-0.2, 0) is 14.3 Å². The summed E-state index contributed by atoms with van der Waals surface area (Å²) in [5.74, 6) is -0.344. The minimum absolute atomic E-state index is 0.0233. The number of hydrogen-bond acceptors (Lipinski definition) is 5. The standard InChI is InChI=1S/C15H22N2O3S/c1-3-15(7-5-8-16-15)14(19)17-11(10-13(18)20-2)12-6-4-9-21-12/h4,6,9,11,16H,3,5,7-8,10H2,1-2H3,(H,17,19). The lowest BCUT2D eigenvalue weighted by molar-refractivity contribution is -0.141. The highest BCUT2D eigenvalue weighted by Crippen LogP contribution is 2.27. The largest absolute Gasteiger partial charge is 0.469 e. The van der Waals surface area contributed by atoms with Gasteiger partial charge in [-0.3, -0.25) is 9.59 Å². The van der Waals surface area contributed by atoms with Gasteiger partial charge in [0.2, 0.25) is 5.91 Å². The van der Waals surface area contributed by atoms with Crippen LogP contribution in [0.2, 0.25) is 0 Å². The van der Waals surface area contributed by atoms with Crippen LogP contribution in [0.4, 0.5) is 0 Å². The first-order valence-electron chi connectivity index (χ1n) is 7.27. The number of amides is 1. The second kappa shape index (κ2) is 7.04.